The molecule has 0 atom stereocenters. The molecule has 0 aliphatic heterocycles. The van der Waals surface area contributed by atoms with Gasteiger partial charge >= 0.3 is 5.97 Å². The molecular formula is C12H11BrN2O4S2. The van der Waals surface area contributed by atoms with Gasteiger partial charge in [-0.25, -0.2) is 18.2 Å². The molecule has 0 unspecified atom stereocenters. The molecule has 0 bridgehead atoms. The Kier molecular flexibility index (Phi) is 4.64. The lowest BCUT2D eigenvalue weighted by Crippen LogP contribution is -2.16. The Morgan fingerprint density at radius 2 is 2.14 bits per heavy atom. The first-order valence-electron chi connectivity index (χ1n) is 5.66. The van der Waals surface area contributed by atoms with E-state index in [0.717, 1.165) is 21.4 Å². The summed E-state index contributed by atoms with van der Waals surface area (Å²) in [6, 6.07) is 5.22. The van der Waals surface area contributed by atoms with Crippen LogP contribution in [0.25, 0.3) is 0 Å². The molecule has 1 N–H and O–H groups in total. The predicted molar refractivity (Wildman–Crippen MR) is 83.1 cm³/mol. The maximum atomic E-state index is 12.4. The fraction of sp³-hybridized carbons (Fsp3) is 0.167. The number of hydrogen-bond acceptors (Lipinski definition) is 6. The van der Waals surface area contributed by atoms with Crippen molar-refractivity contribution in [2.45, 2.75) is 11.1 Å². The first kappa shape index (κ1) is 15.9. The second kappa shape index (κ2) is 6.12. The third-order valence-electron chi connectivity index (χ3n) is 2.60. The number of halogens is 1. The molecule has 9 heteroatoms. The summed E-state index contributed by atoms with van der Waals surface area (Å²) >= 11 is 4.14. The van der Waals surface area contributed by atoms with Gasteiger partial charge in [0.1, 0.15) is 0 Å². The number of ether oxygens (including phenoxy) is 1. The van der Waals surface area contributed by atoms with Crippen LogP contribution in [0.1, 0.15) is 16.1 Å². The van der Waals surface area contributed by atoms with E-state index in [1.54, 1.807) is 25.1 Å². The van der Waals surface area contributed by atoms with E-state index in [2.05, 4.69) is 30.4 Å². The van der Waals surface area contributed by atoms with Crippen LogP contribution < -0.4 is 4.72 Å². The summed E-state index contributed by atoms with van der Waals surface area (Å²) in [5, 5.41) is 0. The number of rotatable bonds is 4. The molecule has 1 aromatic heterocycles. The quantitative estimate of drug-likeness (QED) is 0.811. The van der Waals surface area contributed by atoms with Gasteiger partial charge in [-0.2, -0.15) is 0 Å². The Morgan fingerprint density at radius 3 is 2.81 bits per heavy atom. The number of aryl methyl sites for hydroxylation is 1. The third kappa shape index (κ3) is 3.42. The number of thiazole rings is 1. The summed E-state index contributed by atoms with van der Waals surface area (Å²) in [7, 11) is -2.74. The van der Waals surface area contributed by atoms with E-state index < -0.39 is 16.0 Å². The van der Waals surface area contributed by atoms with Crippen molar-refractivity contribution < 1.29 is 17.9 Å². The minimum absolute atomic E-state index is 0.172. The van der Waals surface area contributed by atoms with E-state index >= 15 is 0 Å². The molecule has 1 aromatic carbocycles. The second-order valence-electron chi connectivity index (χ2n) is 4.04. The van der Waals surface area contributed by atoms with Gasteiger partial charge < -0.3 is 4.74 Å². The highest BCUT2D eigenvalue weighted by Crippen LogP contribution is 2.27. The van der Waals surface area contributed by atoms with Crippen molar-refractivity contribution >= 4 is 48.9 Å². The SMILES string of the molecule is COC(=O)c1ncsc1S(=O)(=O)Nc1cc(Br)ccc1C. The molecule has 21 heavy (non-hydrogen) atoms. The van der Waals surface area contributed by atoms with Gasteiger partial charge in [-0.05, 0) is 24.6 Å². The summed E-state index contributed by atoms with van der Waals surface area (Å²) in [6.45, 7) is 1.78. The number of aromatic nitrogens is 1. The Balaban J connectivity index is 2.42. The molecule has 2 rings (SSSR count). The van der Waals surface area contributed by atoms with Gasteiger partial charge in [0.15, 0.2) is 9.90 Å². The lowest BCUT2D eigenvalue weighted by atomic mass is 10.2. The Morgan fingerprint density at radius 1 is 1.43 bits per heavy atom. The third-order valence-corrected chi connectivity index (χ3v) is 5.83. The minimum atomic E-state index is -3.91. The second-order valence-corrected chi connectivity index (χ2v) is 7.69. The highest BCUT2D eigenvalue weighted by molar-refractivity contribution is 9.10. The Labute approximate surface area is 134 Å². The van der Waals surface area contributed by atoms with E-state index in [1.165, 1.54) is 12.6 Å². The van der Waals surface area contributed by atoms with Gasteiger partial charge in [0, 0.05) is 4.47 Å². The van der Waals surface area contributed by atoms with Crippen molar-refractivity contribution in [1.29, 1.82) is 0 Å². The summed E-state index contributed by atoms with van der Waals surface area (Å²) in [4.78, 5) is 15.3. The van der Waals surface area contributed by atoms with Gasteiger partial charge in [-0.1, -0.05) is 22.0 Å². The van der Waals surface area contributed by atoms with E-state index in [4.69, 9.17) is 0 Å². The van der Waals surface area contributed by atoms with Crippen LogP contribution in [0, 0.1) is 6.92 Å². The van der Waals surface area contributed by atoms with E-state index in [1.807, 2.05) is 0 Å². The van der Waals surface area contributed by atoms with Gasteiger partial charge in [0.2, 0.25) is 0 Å². The number of anilines is 1. The number of hydrogen-bond donors (Lipinski definition) is 1. The monoisotopic (exact) mass is 390 g/mol. The molecule has 0 aliphatic carbocycles. The Hall–Kier alpha value is -1.45. The van der Waals surface area contributed by atoms with Crippen LogP contribution in [-0.2, 0) is 14.8 Å². The molecule has 6 nitrogen and oxygen atoms in total. The van der Waals surface area contributed by atoms with Crippen molar-refractivity contribution in [1.82, 2.24) is 4.98 Å². The van der Waals surface area contributed by atoms with Crippen LogP contribution in [0.5, 0.6) is 0 Å². The van der Waals surface area contributed by atoms with Crippen molar-refractivity contribution in [3.8, 4) is 0 Å². The van der Waals surface area contributed by atoms with Crippen LogP contribution in [0.15, 0.2) is 32.4 Å². The number of nitrogens with one attached hydrogen (secondary N) is 1. The van der Waals surface area contributed by atoms with Crippen molar-refractivity contribution in [3.05, 3.63) is 39.4 Å². The zero-order valence-electron chi connectivity index (χ0n) is 11.1. The number of methoxy groups -OCH3 is 1. The van der Waals surface area contributed by atoms with Gasteiger partial charge in [0.05, 0.1) is 18.3 Å². The molecule has 112 valence electrons. The summed E-state index contributed by atoms with van der Waals surface area (Å²) in [5.74, 6) is -0.789. The van der Waals surface area contributed by atoms with Gasteiger partial charge in [-0.3, -0.25) is 4.72 Å². The topological polar surface area (TPSA) is 85.4 Å². The number of carbonyl (C=O) groups excluding carboxylic acids is 1. The van der Waals surface area contributed by atoms with Crippen LogP contribution in [0.3, 0.4) is 0 Å². The maximum Gasteiger partial charge on any atom is 0.358 e. The van der Waals surface area contributed by atoms with Crippen LogP contribution in [-0.4, -0.2) is 26.5 Å². The average Bonchev–Trinajstić information content (AvgIpc) is 2.92. The highest BCUT2D eigenvalue weighted by Gasteiger charge is 2.27. The number of esters is 1. The van der Waals surface area contributed by atoms with Crippen LogP contribution >= 0.6 is 27.3 Å². The first-order valence-corrected chi connectivity index (χ1v) is 8.81. The van der Waals surface area contributed by atoms with E-state index in [-0.39, 0.29) is 9.90 Å². The number of benzene rings is 1. The van der Waals surface area contributed by atoms with Crippen molar-refractivity contribution in [3.63, 3.8) is 0 Å². The summed E-state index contributed by atoms with van der Waals surface area (Å²) < 4.78 is 32.4. The molecular weight excluding hydrogens is 380 g/mol. The zero-order valence-corrected chi connectivity index (χ0v) is 14.3. The fourth-order valence-electron chi connectivity index (χ4n) is 1.55. The van der Waals surface area contributed by atoms with Gasteiger partial charge in [0.25, 0.3) is 10.0 Å². The lowest BCUT2D eigenvalue weighted by Gasteiger charge is -2.10. The largest absolute Gasteiger partial charge is 0.464 e. The molecule has 0 fully saturated rings. The van der Waals surface area contributed by atoms with Crippen LogP contribution in [0.4, 0.5) is 5.69 Å². The molecule has 0 amide bonds. The average molecular weight is 391 g/mol. The lowest BCUT2D eigenvalue weighted by molar-refractivity contribution is 0.0590. The minimum Gasteiger partial charge on any atom is -0.464 e. The number of nitrogens with zero attached hydrogens (tertiary/aromatic N) is 1. The zero-order chi connectivity index (χ0) is 15.6. The van der Waals surface area contributed by atoms with Gasteiger partial charge in [-0.15, -0.1) is 11.3 Å². The molecule has 0 spiro atoms. The molecule has 0 saturated carbocycles. The number of carbonyl (C=O) groups is 1. The standard InChI is InChI=1S/C12H11BrN2O4S2/c1-7-3-4-8(13)5-9(7)15-21(17,18)12-10(11(16)19-2)14-6-20-12/h3-6,15H,1-2H3. The van der Waals surface area contributed by atoms with Crippen LogP contribution in [0.2, 0.25) is 0 Å². The Bertz CT molecular complexity index is 786. The maximum absolute atomic E-state index is 12.4. The summed E-state index contributed by atoms with van der Waals surface area (Å²) in [6.07, 6.45) is 0. The molecule has 0 saturated heterocycles. The normalized spacial score (nSPS) is 11.2. The highest BCUT2D eigenvalue weighted by atomic mass is 79.9. The smallest absolute Gasteiger partial charge is 0.358 e. The molecule has 2 aromatic rings. The predicted octanol–water partition coefficient (Wildman–Crippen LogP) is 2.80. The van der Waals surface area contributed by atoms with Crippen molar-refractivity contribution in [2.75, 3.05) is 11.8 Å². The van der Waals surface area contributed by atoms with Crippen molar-refractivity contribution in [2.24, 2.45) is 0 Å². The summed E-state index contributed by atoms with van der Waals surface area (Å²) in [5.41, 5.74) is 2.25. The van der Waals surface area contributed by atoms with E-state index in [9.17, 15) is 13.2 Å². The molecule has 1 heterocycles. The first-order chi connectivity index (χ1) is 9.85. The fourth-order valence-corrected chi connectivity index (χ4v) is 4.17. The molecule has 0 aliphatic rings. The molecule has 0 radical (unpaired) electrons. The number of sulfonamides is 1. The van der Waals surface area contributed by atoms with E-state index in [0.29, 0.717) is 5.69 Å².